The van der Waals surface area contributed by atoms with Gasteiger partial charge >= 0.3 is 5.97 Å². The summed E-state index contributed by atoms with van der Waals surface area (Å²) in [7, 11) is 0. The van der Waals surface area contributed by atoms with Crippen molar-refractivity contribution in [3.8, 4) is 0 Å². The molecule has 1 aromatic rings. The van der Waals surface area contributed by atoms with Gasteiger partial charge in [0.15, 0.2) is 0 Å². The second kappa shape index (κ2) is 5.46. The monoisotopic (exact) mass is 243 g/mol. The Hall–Kier alpha value is -1.62. The highest BCUT2D eigenvalue weighted by Crippen LogP contribution is 2.26. The van der Waals surface area contributed by atoms with Crippen LogP contribution in [-0.2, 0) is 16.0 Å². The number of rotatable bonds is 4. The molecular formula is C10H10ClNO4. The maximum Gasteiger partial charge on any atom is 0.302 e. The zero-order valence-corrected chi connectivity index (χ0v) is 9.36. The van der Waals surface area contributed by atoms with E-state index >= 15 is 0 Å². The van der Waals surface area contributed by atoms with Crippen molar-refractivity contribution in [2.24, 2.45) is 0 Å². The minimum atomic E-state index is -0.505. The normalized spacial score (nSPS) is 9.88. The third-order valence-corrected chi connectivity index (χ3v) is 2.30. The number of carbonyl (C=O) groups is 1. The number of nitrogens with zero attached hydrogens (tertiary/aromatic N) is 1. The molecule has 86 valence electrons. The molecule has 0 aliphatic heterocycles. The molecule has 0 aliphatic carbocycles. The summed E-state index contributed by atoms with van der Waals surface area (Å²) in [5.74, 6) is -0.422. The van der Waals surface area contributed by atoms with Gasteiger partial charge in [-0.3, -0.25) is 14.9 Å². The van der Waals surface area contributed by atoms with Crippen LogP contribution in [0.25, 0.3) is 0 Å². The van der Waals surface area contributed by atoms with Gasteiger partial charge in [-0.15, -0.1) is 0 Å². The molecule has 0 bridgehead atoms. The van der Waals surface area contributed by atoms with Crippen LogP contribution in [0.15, 0.2) is 18.2 Å². The zero-order valence-electron chi connectivity index (χ0n) is 8.60. The summed E-state index contributed by atoms with van der Waals surface area (Å²) in [4.78, 5) is 20.8. The molecule has 0 amide bonds. The third kappa shape index (κ3) is 3.20. The third-order valence-electron chi connectivity index (χ3n) is 1.95. The summed E-state index contributed by atoms with van der Waals surface area (Å²) in [5.41, 5.74) is 0.329. The summed E-state index contributed by atoms with van der Waals surface area (Å²) >= 11 is 5.84. The molecule has 1 rings (SSSR count). The number of halogens is 1. The first-order valence-electron chi connectivity index (χ1n) is 4.57. The van der Waals surface area contributed by atoms with Gasteiger partial charge in [0.05, 0.1) is 22.1 Å². The van der Waals surface area contributed by atoms with Gasteiger partial charge in [0.25, 0.3) is 5.69 Å². The van der Waals surface area contributed by atoms with Gasteiger partial charge in [0.2, 0.25) is 0 Å². The van der Waals surface area contributed by atoms with E-state index in [0.29, 0.717) is 10.6 Å². The maximum absolute atomic E-state index is 10.7. The molecule has 0 spiro atoms. The molecule has 5 nitrogen and oxygen atoms in total. The fourth-order valence-corrected chi connectivity index (χ4v) is 1.53. The zero-order chi connectivity index (χ0) is 12.1. The predicted octanol–water partition coefficient (Wildman–Crippen LogP) is 2.35. The number of hydrogen-bond donors (Lipinski definition) is 0. The average Bonchev–Trinajstić information content (AvgIpc) is 2.19. The van der Waals surface area contributed by atoms with Crippen LogP contribution in [0.4, 0.5) is 5.69 Å². The molecule has 0 unspecified atom stereocenters. The Kier molecular flexibility index (Phi) is 4.25. The smallest absolute Gasteiger partial charge is 0.302 e. The van der Waals surface area contributed by atoms with Crippen LogP contribution in [0.5, 0.6) is 0 Å². The van der Waals surface area contributed by atoms with Gasteiger partial charge in [-0.1, -0.05) is 17.7 Å². The standard InChI is InChI=1S/C10H10ClNO4/c1-7(13)16-6-5-8-9(11)3-2-4-10(8)12(14)15/h2-4H,5-6H2,1H3. The van der Waals surface area contributed by atoms with Gasteiger partial charge in [-0.2, -0.15) is 0 Å². The number of nitro benzene ring substituents is 1. The molecule has 0 saturated carbocycles. The Labute approximate surface area is 97.1 Å². The highest BCUT2D eigenvalue weighted by atomic mass is 35.5. The van der Waals surface area contributed by atoms with Crippen molar-refractivity contribution in [2.75, 3.05) is 6.61 Å². The molecule has 6 heteroatoms. The average molecular weight is 244 g/mol. The molecule has 0 fully saturated rings. The van der Waals surface area contributed by atoms with E-state index in [2.05, 4.69) is 0 Å². The number of hydrogen-bond acceptors (Lipinski definition) is 4. The number of esters is 1. The molecule has 0 saturated heterocycles. The molecule has 0 aliphatic rings. The van der Waals surface area contributed by atoms with E-state index in [0.717, 1.165) is 0 Å². The van der Waals surface area contributed by atoms with Crippen molar-refractivity contribution >= 4 is 23.3 Å². The van der Waals surface area contributed by atoms with Crippen molar-refractivity contribution in [3.05, 3.63) is 38.9 Å². The minimum absolute atomic E-state index is 0.0559. The second-order valence-electron chi connectivity index (χ2n) is 3.08. The van der Waals surface area contributed by atoms with Crippen LogP contribution in [0.3, 0.4) is 0 Å². The first-order chi connectivity index (χ1) is 7.52. The fraction of sp³-hybridized carbons (Fsp3) is 0.300. The van der Waals surface area contributed by atoms with Crippen molar-refractivity contribution < 1.29 is 14.5 Å². The van der Waals surface area contributed by atoms with Crippen LogP contribution >= 0.6 is 11.6 Å². The SMILES string of the molecule is CC(=O)OCCc1c(Cl)cccc1[N+](=O)[O-]. The van der Waals surface area contributed by atoms with E-state index in [-0.39, 0.29) is 18.7 Å². The molecule has 0 N–H and O–H groups in total. The Morgan fingerprint density at radius 1 is 1.56 bits per heavy atom. The van der Waals surface area contributed by atoms with Crippen LogP contribution in [-0.4, -0.2) is 17.5 Å². The van der Waals surface area contributed by atoms with E-state index in [1.54, 1.807) is 6.07 Å². The van der Waals surface area contributed by atoms with E-state index in [9.17, 15) is 14.9 Å². The molecular weight excluding hydrogens is 234 g/mol. The largest absolute Gasteiger partial charge is 0.466 e. The second-order valence-corrected chi connectivity index (χ2v) is 3.49. The van der Waals surface area contributed by atoms with Crippen LogP contribution in [0, 0.1) is 10.1 Å². The molecule has 0 aromatic heterocycles. The van der Waals surface area contributed by atoms with Crippen molar-refractivity contribution in [1.29, 1.82) is 0 Å². The van der Waals surface area contributed by atoms with Crippen LogP contribution < -0.4 is 0 Å². The Morgan fingerprint density at radius 3 is 2.81 bits per heavy atom. The molecule has 0 heterocycles. The van der Waals surface area contributed by atoms with E-state index in [1.165, 1.54) is 19.1 Å². The van der Waals surface area contributed by atoms with Gasteiger partial charge in [-0.05, 0) is 6.07 Å². The minimum Gasteiger partial charge on any atom is -0.466 e. The van der Waals surface area contributed by atoms with Crippen molar-refractivity contribution in [2.45, 2.75) is 13.3 Å². The molecule has 1 aromatic carbocycles. The molecule has 0 atom stereocenters. The van der Waals surface area contributed by atoms with E-state index in [4.69, 9.17) is 16.3 Å². The fourth-order valence-electron chi connectivity index (χ4n) is 1.26. The highest BCUT2D eigenvalue weighted by Gasteiger charge is 2.16. The van der Waals surface area contributed by atoms with Gasteiger partial charge in [0.1, 0.15) is 0 Å². The number of carbonyl (C=O) groups excluding carboxylic acids is 1. The predicted molar refractivity (Wildman–Crippen MR) is 58.4 cm³/mol. The van der Waals surface area contributed by atoms with E-state index in [1.807, 2.05) is 0 Å². The number of benzene rings is 1. The maximum atomic E-state index is 10.7. The van der Waals surface area contributed by atoms with E-state index < -0.39 is 10.9 Å². The lowest BCUT2D eigenvalue weighted by Crippen LogP contribution is -2.05. The first-order valence-corrected chi connectivity index (χ1v) is 4.95. The summed E-state index contributed by atoms with van der Waals surface area (Å²) in [5, 5.41) is 11.0. The Morgan fingerprint density at radius 2 is 2.25 bits per heavy atom. The van der Waals surface area contributed by atoms with Gasteiger partial charge in [-0.25, -0.2) is 0 Å². The number of ether oxygens (including phenoxy) is 1. The molecule has 16 heavy (non-hydrogen) atoms. The van der Waals surface area contributed by atoms with Crippen molar-refractivity contribution in [1.82, 2.24) is 0 Å². The van der Waals surface area contributed by atoms with Gasteiger partial charge < -0.3 is 4.74 Å². The summed E-state index contributed by atoms with van der Waals surface area (Å²) in [6.07, 6.45) is 0.232. The lowest BCUT2D eigenvalue weighted by atomic mass is 10.1. The van der Waals surface area contributed by atoms with Gasteiger partial charge in [0, 0.05) is 19.4 Å². The summed E-state index contributed by atoms with van der Waals surface area (Å²) < 4.78 is 4.72. The summed E-state index contributed by atoms with van der Waals surface area (Å²) in [6.45, 7) is 1.36. The van der Waals surface area contributed by atoms with Crippen LogP contribution in [0.1, 0.15) is 12.5 Å². The Bertz CT molecular complexity index is 419. The van der Waals surface area contributed by atoms with Crippen molar-refractivity contribution in [3.63, 3.8) is 0 Å². The lowest BCUT2D eigenvalue weighted by molar-refractivity contribution is -0.385. The number of nitro groups is 1. The summed E-state index contributed by atoms with van der Waals surface area (Å²) in [6, 6.07) is 4.45. The highest BCUT2D eigenvalue weighted by molar-refractivity contribution is 6.31. The topological polar surface area (TPSA) is 69.4 Å². The lowest BCUT2D eigenvalue weighted by Gasteiger charge is -2.05. The molecule has 0 radical (unpaired) electrons. The Balaban J connectivity index is 2.84. The first kappa shape index (κ1) is 12.4. The van der Waals surface area contributed by atoms with Crippen LogP contribution in [0.2, 0.25) is 5.02 Å². The quantitative estimate of drug-likeness (QED) is 0.462.